The number of fused-ring (bicyclic) bond motifs is 1. The number of thiocarbonyl (C=S) groups is 1. The first-order chi connectivity index (χ1) is 13.4. The van der Waals surface area contributed by atoms with Crippen molar-refractivity contribution >= 4 is 67.9 Å². The molecule has 28 heavy (non-hydrogen) atoms. The van der Waals surface area contributed by atoms with Crippen molar-refractivity contribution in [1.82, 2.24) is 5.32 Å². The van der Waals surface area contributed by atoms with Gasteiger partial charge in [0, 0.05) is 15.8 Å². The van der Waals surface area contributed by atoms with Crippen LogP contribution < -0.4 is 15.4 Å². The molecule has 0 saturated heterocycles. The van der Waals surface area contributed by atoms with Crippen molar-refractivity contribution in [2.45, 2.75) is 0 Å². The average Bonchev–Trinajstić information content (AvgIpc) is 3.03. The van der Waals surface area contributed by atoms with Crippen molar-refractivity contribution in [2.75, 3.05) is 19.5 Å². The summed E-state index contributed by atoms with van der Waals surface area (Å²) in [6.07, 6.45) is 0. The molecule has 1 amide bonds. The van der Waals surface area contributed by atoms with Gasteiger partial charge in [-0.15, -0.1) is 11.3 Å². The molecule has 0 radical (unpaired) electrons. The molecular weight excluding hydrogens is 420 g/mol. The van der Waals surface area contributed by atoms with E-state index in [1.54, 1.807) is 37.4 Å². The van der Waals surface area contributed by atoms with Crippen LogP contribution in [0.2, 0.25) is 5.02 Å². The maximum atomic E-state index is 12.6. The fourth-order valence-corrected chi connectivity index (χ4v) is 4.10. The summed E-state index contributed by atoms with van der Waals surface area (Å²) in [4.78, 5) is 24.4. The molecule has 0 unspecified atom stereocenters. The molecule has 6 nitrogen and oxygen atoms in total. The Labute approximate surface area is 175 Å². The van der Waals surface area contributed by atoms with Gasteiger partial charge in [0.15, 0.2) is 5.11 Å². The average molecular weight is 435 g/mol. The number of rotatable bonds is 4. The summed E-state index contributed by atoms with van der Waals surface area (Å²) >= 11 is 12.8. The van der Waals surface area contributed by atoms with Crippen LogP contribution in [0.15, 0.2) is 42.5 Å². The second-order valence-electron chi connectivity index (χ2n) is 5.58. The topological polar surface area (TPSA) is 76.7 Å². The molecule has 3 rings (SSSR count). The Balaban J connectivity index is 1.70. The number of nitrogens with one attached hydrogen (secondary N) is 2. The van der Waals surface area contributed by atoms with Gasteiger partial charge in [-0.1, -0.05) is 11.6 Å². The number of esters is 1. The van der Waals surface area contributed by atoms with Crippen LogP contribution in [0.4, 0.5) is 5.69 Å². The molecule has 0 aliphatic rings. The molecule has 0 bridgehead atoms. The molecule has 144 valence electrons. The summed E-state index contributed by atoms with van der Waals surface area (Å²) in [5.74, 6) is -0.155. The van der Waals surface area contributed by atoms with Gasteiger partial charge in [0.1, 0.15) is 10.6 Å². The lowest BCUT2D eigenvalue weighted by Gasteiger charge is -2.09. The van der Waals surface area contributed by atoms with Crippen LogP contribution in [0, 0.1) is 0 Å². The lowest BCUT2D eigenvalue weighted by atomic mass is 10.2. The first-order valence-corrected chi connectivity index (χ1v) is 9.60. The number of amides is 1. The van der Waals surface area contributed by atoms with Gasteiger partial charge >= 0.3 is 5.97 Å². The number of hydrogen-bond acceptors (Lipinski definition) is 6. The van der Waals surface area contributed by atoms with E-state index in [0.29, 0.717) is 26.9 Å². The van der Waals surface area contributed by atoms with E-state index < -0.39 is 11.9 Å². The molecule has 0 fully saturated rings. The predicted molar refractivity (Wildman–Crippen MR) is 115 cm³/mol. The van der Waals surface area contributed by atoms with Crippen molar-refractivity contribution < 1.29 is 19.1 Å². The molecule has 3 aromatic rings. The lowest BCUT2D eigenvalue weighted by molar-refractivity contribution is 0.0600. The molecule has 0 aliphatic carbocycles. The Morgan fingerprint density at radius 2 is 1.82 bits per heavy atom. The number of ether oxygens (including phenoxy) is 2. The second-order valence-corrected chi connectivity index (χ2v) is 7.42. The van der Waals surface area contributed by atoms with E-state index >= 15 is 0 Å². The van der Waals surface area contributed by atoms with Gasteiger partial charge in [-0.3, -0.25) is 10.1 Å². The van der Waals surface area contributed by atoms with Gasteiger partial charge < -0.3 is 14.8 Å². The van der Waals surface area contributed by atoms with E-state index in [9.17, 15) is 9.59 Å². The maximum absolute atomic E-state index is 12.6. The van der Waals surface area contributed by atoms with Gasteiger partial charge in [-0.25, -0.2) is 4.79 Å². The zero-order chi connectivity index (χ0) is 20.3. The normalized spacial score (nSPS) is 10.4. The van der Waals surface area contributed by atoms with Crippen LogP contribution in [0.25, 0.3) is 10.1 Å². The summed E-state index contributed by atoms with van der Waals surface area (Å²) in [5.41, 5.74) is 1.03. The third-order valence-electron chi connectivity index (χ3n) is 3.83. The van der Waals surface area contributed by atoms with E-state index in [0.717, 1.165) is 10.1 Å². The van der Waals surface area contributed by atoms with Crippen LogP contribution in [0.5, 0.6) is 5.75 Å². The van der Waals surface area contributed by atoms with E-state index in [1.807, 2.05) is 12.1 Å². The summed E-state index contributed by atoms with van der Waals surface area (Å²) in [6, 6.07) is 11.9. The molecule has 0 aliphatic heterocycles. The highest BCUT2D eigenvalue weighted by Crippen LogP contribution is 2.37. The minimum absolute atomic E-state index is 0.113. The number of halogens is 1. The minimum Gasteiger partial charge on any atom is -0.497 e. The van der Waals surface area contributed by atoms with Crippen LogP contribution in [0.1, 0.15) is 20.0 Å². The fourth-order valence-electron chi connectivity index (χ4n) is 2.45. The summed E-state index contributed by atoms with van der Waals surface area (Å²) < 4.78 is 10.7. The van der Waals surface area contributed by atoms with Gasteiger partial charge in [-0.05, 0) is 54.7 Å². The maximum Gasteiger partial charge on any atom is 0.337 e. The standard InChI is InChI=1S/C19H15ClN2O4S2/c1-25-12-7-8-13-14(9-12)28-16(15(13)20)17(23)22-19(27)21-11-5-3-10(4-6-11)18(24)26-2/h3-9H,1-2H3,(H2,21,22,23,27). The molecule has 1 aromatic heterocycles. The van der Waals surface area contributed by atoms with E-state index in [2.05, 4.69) is 15.4 Å². The molecule has 2 aromatic carbocycles. The molecule has 1 heterocycles. The van der Waals surface area contributed by atoms with Crippen LogP contribution in [-0.4, -0.2) is 31.2 Å². The van der Waals surface area contributed by atoms with E-state index in [-0.39, 0.29) is 5.11 Å². The number of benzene rings is 2. The lowest BCUT2D eigenvalue weighted by Crippen LogP contribution is -2.33. The number of hydrogen-bond donors (Lipinski definition) is 2. The van der Waals surface area contributed by atoms with Crippen molar-refractivity contribution in [3.63, 3.8) is 0 Å². The van der Waals surface area contributed by atoms with Crippen LogP contribution in [-0.2, 0) is 4.74 Å². The van der Waals surface area contributed by atoms with Crippen LogP contribution >= 0.6 is 35.2 Å². The molecule has 0 saturated carbocycles. The van der Waals surface area contributed by atoms with Gasteiger partial charge in [-0.2, -0.15) is 0 Å². The molecule has 0 spiro atoms. The van der Waals surface area contributed by atoms with Crippen molar-refractivity contribution in [1.29, 1.82) is 0 Å². The number of carbonyl (C=O) groups excluding carboxylic acids is 2. The highest BCUT2D eigenvalue weighted by molar-refractivity contribution is 7.80. The van der Waals surface area contributed by atoms with Gasteiger partial charge in [0.25, 0.3) is 5.91 Å². The Hall–Kier alpha value is -2.68. The minimum atomic E-state index is -0.432. The fraction of sp³-hybridized carbons (Fsp3) is 0.105. The summed E-state index contributed by atoms with van der Waals surface area (Å²) in [7, 11) is 2.89. The quantitative estimate of drug-likeness (QED) is 0.466. The predicted octanol–water partition coefficient (Wildman–Crippen LogP) is 4.48. The monoisotopic (exact) mass is 434 g/mol. The Kier molecular flexibility index (Phi) is 6.13. The number of carbonyl (C=O) groups is 2. The highest BCUT2D eigenvalue weighted by atomic mass is 35.5. The summed E-state index contributed by atoms with van der Waals surface area (Å²) in [5, 5.41) is 6.75. The first kappa shape index (κ1) is 20.1. The third-order valence-corrected chi connectivity index (χ3v) is 5.69. The molecule has 2 N–H and O–H groups in total. The van der Waals surface area contributed by atoms with Gasteiger partial charge in [0.05, 0.1) is 24.8 Å². The van der Waals surface area contributed by atoms with Crippen LogP contribution in [0.3, 0.4) is 0 Å². The highest BCUT2D eigenvalue weighted by Gasteiger charge is 2.18. The molecular formula is C19H15ClN2O4S2. The Bertz CT molecular complexity index is 1060. The third kappa shape index (κ3) is 4.24. The van der Waals surface area contributed by atoms with E-state index in [1.165, 1.54) is 18.4 Å². The number of methoxy groups -OCH3 is 2. The second kappa shape index (κ2) is 8.55. The molecule has 0 atom stereocenters. The number of thiophene rings is 1. The zero-order valence-corrected chi connectivity index (χ0v) is 17.3. The Morgan fingerprint density at radius 1 is 1.11 bits per heavy atom. The van der Waals surface area contributed by atoms with E-state index in [4.69, 9.17) is 28.6 Å². The van der Waals surface area contributed by atoms with Crippen molar-refractivity contribution in [2.24, 2.45) is 0 Å². The van der Waals surface area contributed by atoms with Gasteiger partial charge in [0.2, 0.25) is 0 Å². The molecule has 9 heteroatoms. The van der Waals surface area contributed by atoms with Crippen molar-refractivity contribution in [3.05, 3.63) is 57.9 Å². The van der Waals surface area contributed by atoms with Crippen molar-refractivity contribution in [3.8, 4) is 5.75 Å². The zero-order valence-electron chi connectivity index (χ0n) is 14.9. The SMILES string of the molecule is COC(=O)c1ccc(NC(=S)NC(=O)c2sc3cc(OC)ccc3c2Cl)cc1. The first-order valence-electron chi connectivity index (χ1n) is 7.99. The smallest absolute Gasteiger partial charge is 0.337 e. The number of anilines is 1. The largest absolute Gasteiger partial charge is 0.497 e. The summed E-state index contributed by atoms with van der Waals surface area (Å²) in [6.45, 7) is 0. The Morgan fingerprint density at radius 3 is 2.46 bits per heavy atom.